The zero-order valence-corrected chi connectivity index (χ0v) is 22.0. The molecule has 190 valence electrons. The van der Waals surface area contributed by atoms with Crippen LogP contribution in [-0.4, -0.2) is 55.5 Å². The Morgan fingerprint density at radius 1 is 1.09 bits per heavy atom. The second-order valence-corrected chi connectivity index (χ2v) is 12.4. The van der Waals surface area contributed by atoms with Gasteiger partial charge in [0.1, 0.15) is 0 Å². The molecule has 35 heavy (non-hydrogen) atoms. The number of nitrogens with one attached hydrogen (secondary N) is 1. The SMILES string of the molecule is CCOC(=O)N[C@H](C(=O)c1ccc(C)cc1)N(Cc1ccc(C(C)(C)C)cc1)[C@H]1CCS(=O)(=O)C1. The van der Waals surface area contributed by atoms with E-state index in [0.29, 0.717) is 18.5 Å². The van der Waals surface area contributed by atoms with Gasteiger partial charge in [-0.25, -0.2) is 13.2 Å². The van der Waals surface area contributed by atoms with Crippen LogP contribution in [0.2, 0.25) is 0 Å². The number of nitrogens with zero attached hydrogens (tertiary/aromatic N) is 1. The molecule has 0 aliphatic carbocycles. The van der Waals surface area contributed by atoms with Gasteiger partial charge in [-0.15, -0.1) is 0 Å². The maximum atomic E-state index is 13.7. The number of hydrogen-bond acceptors (Lipinski definition) is 6. The Morgan fingerprint density at radius 3 is 2.23 bits per heavy atom. The molecular weight excluding hydrogens is 464 g/mol. The number of amides is 1. The molecule has 2 aromatic carbocycles. The second kappa shape index (κ2) is 10.9. The van der Waals surface area contributed by atoms with E-state index in [0.717, 1.165) is 11.1 Å². The largest absolute Gasteiger partial charge is 0.450 e. The van der Waals surface area contributed by atoms with Gasteiger partial charge in [0, 0.05) is 18.2 Å². The van der Waals surface area contributed by atoms with E-state index < -0.39 is 28.1 Å². The summed E-state index contributed by atoms with van der Waals surface area (Å²) in [6, 6.07) is 14.8. The Labute approximate surface area is 208 Å². The molecule has 8 heteroatoms. The Balaban J connectivity index is 2.00. The van der Waals surface area contributed by atoms with Gasteiger partial charge < -0.3 is 4.74 Å². The van der Waals surface area contributed by atoms with Gasteiger partial charge in [0.05, 0.1) is 18.1 Å². The van der Waals surface area contributed by atoms with E-state index in [9.17, 15) is 18.0 Å². The number of aryl methyl sites for hydroxylation is 1. The number of carbonyl (C=O) groups excluding carboxylic acids is 2. The van der Waals surface area contributed by atoms with Crippen molar-refractivity contribution in [1.82, 2.24) is 10.2 Å². The van der Waals surface area contributed by atoms with E-state index in [-0.39, 0.29) is 29.3 Å². The average molecular weight is 501 g/mol. The molecule has 0 bridgehead atoms. The van der Waals surface area contributed by atoms with Crippen LogP contribution in [0.25, 0.3) is 0 Å². The number of benzene rings is 2. The minimum Gasteiger partial charge on any atom is -0.450 e. The zero-order chi connectivity index (χ0) is 25.8. The number of ether oxygens (including phenoxy) is 1. The van der Waals surface area contributed by atoms with E-state index in [1.807, 2.05) is 31.2 Å². The summed E-state index contributed by atoms with van der Waals surface area (Å²) < 4.78 is 29.8. The Morgan fingerprint density at radius 2 is 1.71 bits per heavy atom. The van der Waals surface area contributed by atoms with Crippen molar-refractivity contribution in [1.29, 1.82) is 0 Å². The molecule has 1 amide bonds. The number of hydrogen-bond donors (Lipinski definition) is 1. The van der Waals surface area contributed by atoms with E-state index in [1.54, 1.807) is 24.0 Å². The summed E-state index contributed by atoms with van der Waals surface area (Å²) in [7, 11) is -3.22. The van der Waals surface area contributed by atoms with E-state index in [2.05, 4.69) is 38.2 Å². The van der Waals surface area contributed by atoms with Crippen LogP contribution in [0.4, 0.5) is 4.79 Å². The lowest BCUT2D eigenvalue weighted by Gasteiger charge is -2.35. The summed E-state index contributed by atoms with van der Waals surface area (Å²) in [5.41, 5.74) is 3.54. The third-order valence-corrected chi connectivity index (χ3v) is 8.06. The first-order valence-electron chi connectivity index (χ1n) is 12.0. The van der Waals surface area contributed by atoms with Crippen molar-refractivity contribution < 1.29 is 22.7 Å². The molecule has 0 aromatic heterocycles. The summed E-state index contributed by atoms with van der Waals surface area (Å²) in [5.74, 6) is -0.314. The highest BCUT2D eigenvalue weighted by Gasteiger charge is 2.39. The van der Waals surface area contributed by atoms with Crippen LogP contribution in [-0.2, 0) is 26.5 Å². The monoisotopic (exact) mass is 500 g/mol. The number of ketones is 1. The molecule has 1 fully saturated rings. The first kappa shape index (κ1) is 26.9. The van der Waals surface area contributed by atoms with Gasteiger partial charge in [0.2, 0.25) is 0 Å². The molecule has 1 saturated heterocycles. The highest BCUT2D eigenvalue weighted by atomic mass is 32.2. The average Bonchev–Trinajstić information content (AvgIpc) is 3.15. The van der Waals surface area contributed by atoms with Crippen molar-refractivity contribution in [3.8, 4) is 0 Å². The third-order valence-electron chi connectivity index (χ3n) is 6.31. The lowest BCUT2D eigenvalue weighted by atomic mass is 9.86. The molecule has 2 atom stereocenters. The molecule has 0 spiro atoms. The maximum Gasteiger partial charge on any atom is 0.408 e. The summed E-state index contributed by atoms with van der Waals surface area (Å²) in [6.45, 7) is 10.5. The van der Waals surface area contributed by atoms with Crippen molar-refractivity contribution in [3.05, 3.63) is 70.8 Å². The molecule has 3 rings (SSSR count). The Hall–Kier alpha value is -2.71. The third kappa shape index (κ3) is 7.15. The quantitative estimate of drug-likeness (QED) is 0.431. The number of rotatable bonds is 8. The minimum absolute atomic E-state index is 0.00679. The topological polar surface area (TPSA) is 92.8 Å². The summed E-state index contributed by atoms with van der Waals surface area (Å²) in [5, 5.41) is 2.71. The van der Waals surface area contributed by atoms with E-state index in [4.69, 9.17) is 4.74 Å². The van der Waals surface area contributed by atoms with Gasteiger partial charge in [-0.1, -0.05) is 74.9 Å². The number of carbonyl (C=O) groups is 2. The molecular formula is C27H36N2O5S. The van der Waals surface area contributed by atoms with Gasteiger partial charge in [0.15, 0.2) is 21.8 Å². The highest BCUT2D eigenvalue weighted by molar-refractivity contribution is 7.91. The standard InChI is InChI=1S/C27H36N2O5S/c1-6-34-26(31)28-25(24(30)21-11-7-19(2)8-12-21)29(23-15-16-35(32,33)18-23)17-20-9-13-22(14-10-20)27(3,4)5/h7-14,23,25H,6,15-18H2,1-5H3,(H,28,31)/t23-,25-/m0/s1. The van der Waals surface area contributed by atoms with Gasteiger partial charge in [-0.3, -0.25) is 15.0 Å². The van der Waals surface area contributed by atoms with Crippen molar-refractivity contribution >= 4 is 21.7 Å². The van der Waals surface area contributed by atoms with Crippen LogP contribution in [0.3, 0.4) is 0 Å². The number of Topliss-reactive ketones (excluding diaryl/α,β-unsaturated/α-hetero) is 1. The highest BCUT2D eigenvalue weighted by Crippen LogP contribution is 2.26. The van der Waals surface area contributed by atoms with Gasteiger partial charge in [0.25, 0.3) is 0 Å². The minimum atomic E-state index is -3.22. The van der Waals surface area contributed by atoms with Gasteiger partial charge in [-0.2, -0.15) is 0 Å². The molecule has 1 heterocycles. The molecule has 0 radical (unpaired) electrons. The fraction of sp³-hybridized carbons (Fsp3) is 0.481. The lowest BCUT2D eigenvalue weighted by Crippen LogP contribution is -2.56. The first-order valence-corrected chi connectivity index (χ1v) is 13.8. The molecule has 1 aliphatic rings. The number of alkyl carbamates (subject to hydrolysis) is 1. The summed E-state index contributed by atoms with van der Waals surface area (Å²) in [6.07, 6.45) is -1.39. The van der Waals surface area contributed by atoms with Crippen LogP contribution < -0.4 is 5.32 Å². The predicted molar refractivity (Wildman–Crippen MR) is 137 cm³/mol. The van der Waals surface area contributed by atoms with Crippen molar-refractivity contribution in [2.75, 3.05) is 18.1 Å². The predicted octanol–water partition coefficient (Wildman–Crippen LogP) is 4.24. The summed E-state index contributed by atoms with van der Waals surface area (Å²) >= 11 is 0. The van der Waals surface area contributed by atoms with Crippen molar-refractivity contribution in [2.45, 2.75) is 65.2 Å². The van der Waals surface area contributed by atoms with Crippen LogP contribution in [0.1, 0.15) is 61.2 Å². The van der Waals surface area contributed by atoms with Crippen LogP contribution in [0.15, 0.2) is 48.5 Å². The van der Waals surface area contributed by atoms with Crippen molar-refractivity contribution in [3.63, 3.8) is 0 Å². The molecule has 0 unspecified atom stereocenters. The Bertz CT molecular complexity index is 1140. The van der Waals surface area contributed by atoms with Gasteiger partial charge >= 0.3 is 6.09 Å². The summed E-state index contributed by atoms with van der Waals surface area (Å²) in [4.78, 5) is 27.9. The van der Waals surface area contributed by atoms with Crippen LogP contribution in [0, 0.1) is 6.92 Å². The fourth-order valence-electron chi connectivity index (χ4n) is 4.25. The normalized spacial score (nSPS) is 18.3. The van der Waals surface area contributed by atoms with Crippen molar-refractivity contribution in [2.24, 2.45) is 0 Å². The molecule has 1 aliphatic heterocycles. The van der Waals surface area contributed by atoms with E-state index >= 15 is 0 Å². The van der Waals surface area contributed by atoms with Crippen LogP contribution in [0.5, 0.6) is 0 Å². The smallest absolute Gasteiger partial charge is 0.408 e. The zero-order valence-electron chi connectivity index (χ0n) is 21.2. The van der Waals surface area contributed by atoms with E-state index in [1.165, 1.54) is 5.56 Å². The molecule has 7 nitrogen and oxygen atoms in total. The Kier molecular flexibility index (Phi) is 8.38. The van der Waals surface area contributed by atoms with Crippen LogP contribution >= 0.6 is 0 Å². The number of sulfone groups is 1. The molecule has 1 N–H and O–H groups in total. The lowest BCUT2D eigenvalue weighted by molar-refractivity contribution is 0.0619. The maximum absolute atomic E-state index is 13.7. The van der Waals surface area contributed by atoms with Gasteiger partial charge in [-0.05, 0) is 36.8 Å². The fourth-order valence-corrected chi connectivity index (χ4v) is 5.99. The molecule has 2 aromatic rings. The second-order valence-electron chi connectivity index (χ2n) is 10.2. The first-order chi connectivity index (χ1) is 16.4. The molecule has 0 saturated carbocycles.